The summed E-state index contributed by atoms with van der Waals surface area (Å²) in [5.41, 5.74) is 4.51. The van der Waals surface area contributed by atoms with Gasteiger partial charge in [0.1, 0.15) is 11.5 Å². The van der Waals surface area contributed by atoms with Gasteiger partial charge in [-0.25, -0.2) is 4.68 Å². The number of benzene rings is 3. The van der Waals surface area contributed by atoms with E-state index in [4.69, 9.17) is 14.6 Å². The molecule has 0 bridgehead atoms. The van der Waals surface area contributed by atoms with E-state index < -0.39 is 0 Å². The Hall–Kier alpha value is -4.10. The molecule has 34 heavy (non-hydrogen) atoms. The van der Waals surface area contributed by atoms with Gasteiger partial charge in [0.15, 0.2) is 0 Å². The average Bonchev–Trinajstić information content (AvgIpc) is 3.28. The Morgan fingerprint density at radius 1 is 0.971 bits per heavy atom. The number of carbonyl (C=O) groups is 1. The van der Waals surface area contributed by atoms with Crippen LogP contribution in [-0.2, 0) is 11.3 Å². The van der Waals surface area contributed by atoms with Crippen LogP contribution in [0.5, 0.6) is 11.5 Å². The summed E-state index contributed by atoms with van der Waals surface area (Å²) in [7, 11) is 5.07. The van der Waals surface area contributed by atoms with Crippen molar-refractivity contribution in [3.8, 4) is 28.4 Å². The van der Waals surface area contributed by atoms with Gasteiger partial charge in [-0.1, -0.05) is 48.5 Å². The van der Waals surface area contributed by atoms with E-state index in [2.05, 4.69) is 5.32 Å². The molecule has 0 fully saturated rings. The van der Waals surface area contributed by atoms with Crippen molar-refractivity contribution in [3.05, 3.63) is 90.6 Å². The molecular weight excluding hydrogens is 428 g/mol. The van der Waals surface area contributed by atoms with Crippen LogP contribution in [0.4, 0.5) is 5.69 Å². The van der Waals surface area contributed by atoms with Gasteiger partial charge in [0.25, 0.3) is 0 Å². The maximum absolute atomic E-state index is 12.8. The first-order chi connectivity index (χ1) is 16.6. The Balaban J connectivity index is 1.52. The number of rotatable bonds is 9. The normalized spacial score (nSPS) is 10.8. The number of carbonyl (C=O) groups excluding carboxylic acids is 1. The summed E-state index contributed by atoms with van der Waals surface area (Å²) in [6.07, 6.45) is 2.02. The third-order valence-electron chi connectivity index (χ3n) is 5.39. The second kappa shape index (κ2) is 10.7. The number of para-hydroxylation sites is 1. The Morgan fingerprint density at radius 3 is 2.35 bits per heavy atom. The molecule has 0 aliphatic heterocycles. The molecule has 0 aliphatic carbocycles. The average molecular weight is 457 g/mol. The molecule has 0 spiro atoms. The second-order valence-electron chi connectivity index (χ2n) is 7.94. The zero-order valence-electron chi connectivity index (χ0n) is 19.6. The van der Waals surface area contributed by atoms with Gasteiger partial charge in [-0.3, -0.25) is 9.69 Å². The van der Waals surface area contributed by atoms with Crippen LogP contribution >= 0.6 is 0 Å². The minimum Gasteiger partial charge on any atom is -0.497 e. The predicted octanol–water partition coefficient (Wildman–Crippen LogP) is 4.63. The first-order valence-electron chi connectivity index (χ1n) is 11.0. The molecule has 1 heterocycles. The Bertz CT molecular complexity index is 1240. The number of ether oxygens (including phenoxy) is 2. The highest BCUT2D eigenvalue weighted by molar-refractivity contribution is 5.94. The maximum Gasteiger partial charge on any atom is 0.238 e. The van der Waals surface area contributed by atoms with Crippen LogP contribution in [0.25, 0.3) is 16.9 Å². The van der Waals surface area contributed by atoms with E-state index in [1.165, 1.54) is 0 Å². The number of amides is 1. The van der Waals surface area contributed by atoms with Crippen LogP contribution in [0.15, 0.2) is 85.1 Å². The Labute approximate surface area is 199 Å². The summed E-state index contributed by atoms with van der Waals surface area (Å²) in [5.74, 6) is 1.07. The van der Waals surface area contributed by atoms with Gasteiger partial charge < -0.3 is 14.8 Å². The number of hydrogen-bond acceptors (Lipinski definition) is 5. The lowest BCUT2D eigenvalue weighted by Gasteiger charge is -2.17. The molecule has 1 N–H and O–H groups in total. The highest BCUT2D eigenvalue weighted by Gasteiger charge is 2.16. The van der Waals surface area contributed by atoms with Crippen molar-refractivity contribution in [3.63, 3.8) is 0 Å². The summed E-state index contributed by atoms with van der Waals surface area (Å²) >= 11 is 0. The predicted molar refractivity (Wildman–Crippen MR) is 134 cm³/mol. The molecule has 0 saturated carbocycles. The van der Waals surface area contributed by atoms with Gasteiger partial charge >= 0.3 is 0 Å². The van der Waals surface area contributed by atoms with Crippen molar-refractivity contribution in [1.82, 2.24) is 14.7 Å². The van der Waals surface area contributed by atoms with Gasteiger partial charge in [-0.05, 0) is 31.3 Å². The van der Waals surface area contributed by atoms with E-state index in [1.807, 2.05) is 83.5 Å². The van der Waals surface area contributed by atoms with Crippen molar-refractivity contribution in [2.45, 2.75) is 6.54 Å². The van der Waals surface area contributed by atoms with Crippen molar-refractivity contribution >= 4 is 11.6 Å². The monoisotopic (exact) mass is 456 g/mol. The van der Waals surface area contributed by atoms with Crippen LogP contribution < -0.4 is 14.8 Å². The van der Waals surface area contributed by atoms with Crippen LogP contribution in [0, 0.1) is 0 Å². The molecule has 0 unspecified atom stereocenters. The number of methoxy groups -OCH3 is 2. The summed E-state index contributed by atoms with van der Waals surface area (Å²) in [6.45, 7) is 0.755. The fourth-order valence-electron chi connectivity index (χ4n) is 3.77. The molecular formula is C27H28N4O3. The zero-order chi connectivity index (χ0) is 23.9. The number of likely N-dealkylation sites (N-methyl/N-ethyl adjacent to an activating group) is 1. The third kappa shape index (κ3) is 5.44. The molecule has 0 atom stereocenters. The van der Waals surface area contributed by atoms with E-state index in [9.17, 15) is 4.79 Å². The first-order valence-corrected chi connectivity index (χ1v) is 11.0. The van der Waals surface area contributed by atoms with Gasteiger partial charge in [0.2, 0.25) is 5.91 Å². The topological polar surface area (TPSA) is 68.6 Å². The van der Waals surface area contributed by atoms with Gasteiger partial charge in [0.05, 0.1) is 37.8 Å². The third-order valence-corrected chi connectivity index (χ3v) is 5.39. The minimum absolute atomic E-state index is 0.147. The molecule has 3 aromatic carbocycles. The van der Waals surface area contributed by atoms with Crippen molar-refractivity contribution in [1.29, 1.82) is 0 Å². The largest absolute Gasteiger partial charge is 0.497 e. The highest BCUT2D eigenvalue weighted by atomic mass is 16.5. The smallest absolute Gasteiger partial charge is 0.238 e. The number of nitrogens with zero attached hydrogens (tertiary/aromatic N) is 3. The zero-order valence-corrected chi connectivity index (χ0v) is 19.6. The molecule has 0 saturated heterocycles. The quantitative estimate of drug-likeness (QED) is 0.398. The van der Waals surface area contributed by atoms with E-state index in [0.717, 1.165) is 22.5 Å². The minimum atomic E-state index is -0.147. The Kier molecular flexibility index (Phi) is 7.25. The molecule has 1 amide bonds. The fourth-order valence-corrected chi connectivity index (χ4v) is 3.77. The number of nitrogens with one attached hydrogen (secondary N) is 1. The second-order valence-corrected chi connectivity index (χ2v) is 7.94. The van der Waals surface area contributed by atoms with Crippen LogP contribution in [0.2, 0.25) is 0 Å². The standard InChI is InChI=1S/C27H28N4O3/c1-30(19-26(32)28-24-16-23(33-2)14-15-25(24)34-3)17-21-18-31(22-12-8-5-9-13-22)29-27(21)20-10-6-4-7-11-20/h4-16,18H,17,19H2,1-3H3,(H,28,32). The summed E-state index contributed by atoms with van der Waals surface area (Å²) < 4.78 is 12.5. The fraction of sp³-hybridized carbons (Fsp3) is 0.185. The van der Waals surface area contributed by atoms with E-state index in [0.29, 0.717) is 23.7 Å². The van der Waals surface area contributed by atoms with Crippen molar-refractivity contribution < 1.29 is 14.3 Å². The van der Waals surface area contributed by atoms with Crippen molar-refractivity contribution in [2.24, 2.45) is 0 Å². The molecule has 4 aromatic rings. The van der Waals surface area contributed by atoms with Crippen LogP contribution in [0.1, 0.15) is 5.56 Å². The molecule has 1 aromatic heterocycles. The molecule has 7 nitrogen and oxygen atoms in total. The summed E-state index contributed by atoms with van der Waals surface area (Å²) in [4.78, 5) is 14.8. The lowest BCUT2D eigenvalue weighted by atomic mass is 10.1. The van der Waals surface area contributed by atoms with E-state index in [-0.39, 0.29) is 12.5 Å². The van der Waals surface area contributed by atoms with Gasteiger partial charge in [-0.15, -0.1) is 0 Å². The maximum atomic E-state index is 12.8. The van der Waals surface area contributed by atoms with E-state index in [1.54, 1.807) is 32.4 Å². The Morgan fingerprint density at radius 2 is 1.68 bits per heavy atom. The lowest BCUT2D eigenvalue weighted by Crippen LogP contribution is -2.30. The summed E-state index contributed by atoms with van der Waals surface area (Å²) in [6, 6.07) is 25.4. The van der Waals surface area contributed by atoms with Gasteiger partial charge in [0, 0.05) is 29.9 Å². The van der Waals surface area contributed by atoms with Crippen LogP contribution in [-0.4, -0.2) is 48.4 Å². The lowest BCUT2D eigenvalue weighted by molar-refractivity contribution is -0.117. The number of hydrogen-bond donors (Lipinski definition) is 1. The van der Waals surface area contributed by atoms with Gasteiger partial charge in [-0.2, -0.15) is 5.10 Å². The first kappa shape index (κ1) is 23.1. The number of aromatic nitrogens is 2. The summed E-state index contributed by atoms with van der Waals surface area (Å²) in [5, 5.41) is 7.78. The van der Waals surface area contributed by atoms with Crippen LogP contribution in [0.3, 0.4) is 0 Å². The van der Waals surface area contributed by atoms with E-state index >= 15 is 0 Å². The molecule has 0 radical (unpaired) electrons. The molecule has 4 rings (SSSR count). The molecule has 7 heteroatoms. The SMILES string of the molecule is COc1ccc(OC)c(NC(=O)CN(C)Cc2cn(-c3ccccc3)nc2-c2ccccc2)c1. The number of anilines is 1. The highest BCUT2D eigenvalue weighted by Crippen LogP contribution is 2.29. The molecule has 174 valence electrons. The molecule has 0 aliphatic rings. The van der Waals surface area contributed by atoms with Crippen molar-refractivity contribution in [2.75, 3.05) is 33.1 Å².